The van der Waals surface area contributed by atoms with Gasteiger partial charge >= 0.3 is 0 Å². The predicted octanol–water partition coefficient (Wildman–Crippen LogP) is 2.74. The van der Waals surface area contributed by atoms with Gasteiger partial charge < -0.3 is 9.84 Å². The Bertz CT molecular complexity index is 482. The second kappa shape index (κ2) is 5.29. The molecule has 1 atom stereocenters. The summed E-state index contributed by atoms with van der Waals surface area (Å²) in [4.78, 5) is 5.09. The smallest absolute Gasteiger partial charge is 0.121 e. The summed E-state index contributed by atoms with van der Waals surface area (Å²) in [5.74, 6) is 0.846. The van der Waals surface area contributed by atoms with E-state index in [0.717, 1.165) is 21.8 Å². The Morgan fingerprint density at radius 1 is 1.47 bits per heavy atom. The minimum absolute atomic E-state index is 0.486. The highest BCUT2D eigenvalue weighted by Crippen LogP contribution is 2.25. The van der Waals surface area contributed by atoms with Crippen molar-refractivity contribution in [1.82, 2.24) is 4.98 Å². The van der Waals surface area contributed by atoms with E-state index in [0.29, 0.717) is 6.42 Å². The largest absolute Gasteiger partial charge is 0.496 e. The quantitative estimate of drug-likeness (QED) is 0.906. The first kappa shape index (κ1) is 12.1. The van der Waals surface area contributed by atoms with E-state index in [1.54, 1.807) is 30.2 Å². The van der Waals surface area contributed by atoms with Crippen LogP contribution in [-0.4, -0.2) is 17.2 Å². The summed E-state index contributed by atoms with van der Waals surface area (Å²) in [5.41, 5.74) is 3.73. The summed E-state index contributed by atoms with van der Waals surface area (Å²) in [6, 6.07) is 5.75. The second-order valence-electron chi connectivity index (χ2n) is 3.92. The molecule has 0 radical (unpaired) electrons. The molecule has 1 N–H and O–H groups in total. The molecule has 0 aliphatic heterocycles. The van der Waals surface area contributed by atoms with Gasteiger partial charge in [-0.05, 0) is 30.2 Å². The lowest BCUT2D eigenvalue weighted by Gasteiger charge is -2.12. The molecule has 0 saturated heterocycles. The molecule has 0 aliphatic rings. The zero-order valence-electron chi connectivity index (χ0n) is 9.88. The summed E-state index contributed by atoms with van der Waals surface area (Å²) in [6.45, 7) is 1.97. The minimum Gasteiger partial charge on any atom is -0.496 e. The van der Waals surface area contributed by atoms with Crippen LogP contribution in [0.3, 0.4) is 0 Å². The summed E-state index contributed by atoms with van der Waals surface area (Å²) in [6.07, 6.45) is 1.92. The van der Waals surface area contributed by atoms with Gasteiger partial charge in [0.1, 0.15) is 5.75 Å². The van der Waals surface area contributed by atoms with Gasteiger partial charge in [0.05, 0.1) is 18.7 Å². The van der Waals surface area contributed by atoms with Crippen molar-refractivity contribution in [1.29, 1.82) is 0 Å². The van der Waals surface area contributed by atoms with Crippen molar-refractivity contribution in [3.8, 4) is 5.75 Å². The summed E-state index contributed by atoms with van der Waals surface area (Å²) < 4.78 is 5.20. The standard InChI is InChI=1S/C13H15NO2S/c1-9-5-10(3-4-13(9)16-2)12(15)6-11-7-14-8-17-11/h3-5,7-8,12,15H,6H2,1-2H3. The molecule has 4 heteroatoms. The number of aliphatic hydroxyl groups is 1. The molecule has 90 valence electrons. The molecular formula is C13H15NO2S. The summed E-state index contributed by atoms with van der Waals surface area (Å²) >= 11 is 1.56. The lowest BCUT2D eigenvalue weighted by atomic mass is 10.0. The monoisotopic (exact) mass is 249 g/mol. The Kier molecular flexibility index (Phi) is 3.76. The van der Waals surface area contributed by atoms with Gasteiger partial charge in [0.15, 0.2) is 0 Å². The number of methoxy groups -OCH3 is 1. The molecule has 0 amide bonds. The van der Waals surface area contributed by atoms with Crippen LogP contribution in [0.4, 0.5) is 0 Å². The Morgan fingerprint density at radius 3 is 2.88 bits per heavy atom. The van der Waals surface area contributed by atoms with E-state index in [1.807, 2.05) is 25.1 Å². The fraction of sp³-hybridized carbons (Fsp3) is 0.308. The van der Waals surface area contributed by atoms with Crippen LogP contribution in [0.2, 0.25) is 0 Å². The zero-order valence-corrected chi connectivity index (χ0v) is 10.7. The topological polar surface area (TPSA) is 42.4 Å². The maximum Gasteiger partial charge on any atom is 0.121 e. The van der Waals surface area contributed by atoms with Gasteiger partial charge in [-0.1, -0.05) is 6.07 Å². The fourth-order valence-corrected chi connectivity index (χ4v) is 2.39. The molecule has 0 saturated carbocycles. The highest BCUT2D eigenvalue weighted by atomic mass is 32.1. The molecule has 2 aromatic rings. The van der Waals surface area contributed by atoms with Crippen LogP contribution in [0.5, 0.6) is 5.75 Å². The van der Waals surface area contributed by atoms with Crippen LogP contribution >= 0.6 is 11.3 Å². The Morgan fingerprint density at radius 2 is 2.29 bits per heavy atom. The number of hydrogen-bond donors (Lipinski definition) is 1. The van der Waals surface area contributed by atoms with Gasteiger partial charge in [0.25, 0.3) is 0 Å². The third kappa shape index (κ3) is 2.84. The molecule has 1 aromatic carbocycles. The van der Waals surface area contributed by atoms with Gasteiger partial charge in [-0.2, -0.15) is 0 Å². The van der Waals surface area contributed by atoms with Crippen LogP contribution < -0.4 is 4.74 Å². The molecule has 3 nitrogen and oxygen atoms in total. The molecule has 0 spiro atoms. The fourth-order valence-electron chi connectivity index (χ4n) is 1.76. The number of aromatic nitrogens is 1. The van der Waals surface area contributed by atoms with Gasteiger partial charge in [0.2, 0.25) is 0 Å². The highest BCUT2D eigenvalue weighted by Gasteiger charge is 2.11. The summed E-state index contributed by atoms with van der Waals surface area (Å²) in [5, 5.41) is 10.1. The molecule has 1 aromatic heterocycles. The van der Waals surface area contributed by atoms with Crippen LogP contribution in [0.25, 0.3) is 0 Å². The van der Waals surface area contributed by atoms with Crippen molar-refractivity contribution in [2.45, 2.75) is 19.4 Å². The van der Waals surface area contributed by atoms with Gasteiger partial charge in [-0.3, -0.25) is 4.98 Å². The highest BCUT2D eigenvalue weighted by molar-refractivity contribution is 7.09. The normalized spacial score (nSPS) is 12.4. The average molecular weight is 249 g/mol. The third-order valence-electron chi connectivity index (χ3n) is 2.68. The van der Waals surface area contributed by atoms with E-state index in [2.05, 4.69) is 4.98 Å². The van der Waals surface area contributed by atoms with Crippen molar-refractivity contribution in [3.05, 3.63) is 45.9 Å². The predicted molar refractivity (Wildman–Crippen MR) is 68.5 cm³/mol. The molecule has 0 bridgehead atoms. The van der Waals surface area contributed by atoms with Gasteiger partial charge in [0, 0.05) is 17.5 Å². The lowest BCUT2D eigenvalue weighted by molar-refractivity contribution is 0.179. The van der Waals surface area contributed by atoms with Crippen molar-refractivity contribution in [2.75, 3.05) is 7.11 Å². The number of hydrogen-bond acceptors (Lipinski definition) is 4. The van der Waals surface area contributed by atoms with Gasteiger partial charge in [-0.25, -0.2) is 0 Å². The number of benzene rings is 1. The molecule has 17 heavy (non-hydrogen) atoms. The Labute approximate surface area is 105 Å². The van der Waals surface area contributed by atoms with Crippen molar-refractivity contribution >= 4 is 11.3 Å². The first-order chi connectivity index (χ1) is 8.20. The van der Waals surface area contributed by atoms with E-state index in [1.165, 1.54) is 0 Å². The maximum absolute atomic E-state index is 10.1. The second-order valence-corrected chi connectivity index (χ2v) is 4.89. The van der Waals surface area contributed by atoms with Crippen molar-refractivity contribution in [2.24, 2.45) is 0 Å². The number of ether oxygens (including phenoxy) is 1. The molecule has 0 fully saturated rings. The first-order valence-electron chi connectivity index (χ1n) is 5.40. The van der Waals surface area contributed by atoms with Crippen LogP contribution in [0.15, 0.2) is 29.9 Å². The molecule has 1 unspecified atom stereocenters. The van der Waals surface area contributed by atoms with Crippen LogP contribution in [0.1, 0.15) is 22.1 Å². The van der Waals surface area contributed by atoms with Gasteiger partial charge in [-0.15, -0.1) is 11.3 Å². The number of rotatable bonds is 4. The molecule has 0 aliphatic carbocycles. The third-order valence-corrected chi connectivity index (χ3v) is 3.48. The number of nitrogens with zero attached hydrogens (tertiary/aromatic N) is 1. The Hall–Kier alpha value is -1.39. The molecule has 1 heterocycles. The number of aryl methyl sites for hydroxylation is 1. The van der Waals surface area contributed by atoms with E-state index in [4.69, 9.17) is 4.74 Å². The number of aliphatic hydroxyl groups excluding tert-OH is 1. The van der Waals surface area contributed by atoms with Crippen molar-refractivity contribution < 1.29 is 9.84 Å². The summed E-state index contributed by atoms with van der Waals surface area (Å²) in [7, 11) is 1.65. The molecular weight excluding hydrogens is 234 g/mol. The van der Waals surface area contributed by atoms with E-state index in [-0.39, 0.29) is 0 Å². The lowest BCUT2D eigenvalue weighted by Crippen LogP contribution is -2.01. The first-order valence-corrected chi connectivity index (χ1v) is 6.28. The van der Waals surface area contributed by atoms with Crippen molar-refractivity contribution in [3.63, 3.8) is 0 Å². The maximum atomic E-state index is 10.1. The van der Waals surface area contributed by atoms with Crippen LogP contribution in [0, 0.1) is 6.92 Å². The van der Waals surface area contributed by atoms with E-state index in [9.17, 15) is 5.11 Å². The minimum atomic E-state index is -0.486. The zero-order chi connectivity index (χ0) is 12.3. The Balaban J connectivity index is 2.14. The number of thiazole rings is 1. The van der Waals surface area contributed by atoms with E-state index < -0.39 is 6.10 Å². The van der Waals surface area contributed by atoms with Crippen LogP contribution in [-0.2, 0) is 6.42 Å². The molecule has 2 rings (SSSR count). The average Bonchev–Trinajstić information content (AvgIpc) is 2.81. The SMILES string of the molecule is COc1ccc(C(O)Cc2cncs2)cc1C. The van der Waals surface area contributed by atoms with E-state index >= 15 is 0 Å².